The standard InChI is InChI=1S/C29H29N3O6/c1-19(33)23-16-32(15-21-8-5-4-6-9-21)31-28(23)37-17-22-11-12-25(27(14-22)34-3)36-18-24-20(2)38-29(30-24)26-10-7-13-35-26/h4-14,16,19,33H,15,17-18H2,1-3H3. The average molecular weight is 516 g/mol. The second-order valence-electron chi connectivity index (χ2n) is 8.81. The number of aliphatic hydroxyl groups is 1. The summed E-state index contributed by atoms with van der Waals surface area (Å²) in [4.78, 5) is 4.48. The van der Waals surface area contributed by atoms with E-state index in [-0.39, 0.29) is 13.2 Å². The van der Waals surface area contributed by atoms with Crippen LogP contribution in [0.3, 0.4) is 0 Å². The van der Waals surface area contributed by atoms with Crippen LogP contribution in [0.1, 0.15) is 41.2 Å². The third kappa shape index (κ3) is 5.73. The van der Waals surface area contributed by atoms with Gasteiger partial charge >= 0.3 is 0 Å². The summed E-state index contributed by atoms with van der Waals surface area (Å²) in [7, 11) is 1.58. The lowest BCUT2D eigenvalue weighted by Crippen LogP contribution is -2.03. The molecule has 9 nitrogen and oxygen atoms in total. The van der Waals surface area contributed by atoms with Crippen LogP contribution < -0.4 is 14.2 Å². The van der Waals surface area contributed by atoms with Crippen LogP contribution >= 0.6 is 0 Å². The molecule has 1 N–H and O–H groups in total. The predicted molar refractivity (Wildman–Crippen MR) is 139 cm³/mol. The van der Waals surface area contributed by atoms with E-state index in [1.807, 2.05) is 61.7 Å². The van der Waals surface area contributed by atoms with Crippen molar-refractivity contribution >= 4 is 0 Å². The molecule has 0 aliphatic carbocycles. The maximum absolute atomic E-state index is 10.2. The number of benzene rings is 2. The lowest BCUT2D eigenvalue weighted by molar-refractivity contribution is 0.189. The van der Waals surface area contributed by atoms with Crippen molar-refractivity contribution in [2.24, 2.45) is 0 Å². The van der Waals surface area contributed by atoms with Crippen molar-refractivity contribution in [1.29, 1.82) is 0 Å². The van der Waals surface area contributed by atoms with Gasteiger partial charge in [-0.15, -0.1) is 5.10 Å². The Balaban J connectivity index is 1.25. The van der Waals surface area contributed by atoms with Crippen molar-refractivity contribution in [3.63, 3.8) is 0 Å². The summed E-state index contributed by atoms with van der Waals surface area (Å²) in [6.45, 7) is 4.56. The molecule has 0 saturated carbocycles. The number of methoxy groups -OCH3 is 1. The van der Waals surface area contributed by atoms with Gasteiger partial charge in [-0.25, -0.2) is 4.98 Å². The molecule has 0 saturated heterocycles. The van der Waals surface area contributed by atoms with Crippen molar-refractivity contribution < 1.29 is 28.2 Å². The van der Waals surface area contributed by atoms with Gasteiger partial charge < -0.3 is 28.2 Å². The Kier molecular flexibility index (Phi) is 7.46. The van der Waals surface area contributed by atoms with E-state index in [4.69, 9.17) is 23.0 Å². The number of aromatic nitrogens is 3. The van der Waals surface area contributed by atoms with E-state index in [0.29, 0.717) is 52.6 Å². The van der Waals surface area contributed by atoms with Gasteiger partial charge in [0.2, 0.25) is 5.88 Å². The van der Waals surface area contributed by atoms with Gasteiger partial charge in [0.1, 0.15) is 24.7 Å². The number of hydrogen-bond donors (Lipinski definition) is 1. The van der Waals surface area contributed by atoms with E-state index in [1.54, 1.807) is 37.1 Å². The molecular formula is C29H29N3O6. The number of rotatable bonds is 11. The first-order valence-corrected chi connectivity index (χ1v) is 12.2. The Bertz CT molecular complexity index is 1470. The Morgan fingerprint density at radius 2 is 1.82 bits per heavy atom. The molecule has 5 aromatic rings. The van der Waals surface area contributed by atoms with Crippen LogP contribution in [0.25, 0.3) is 11.7 Å². The van der Waals surface area contributed by atoms with Crippen molar-refractivity contribution in [2.75, 3.05) is 7.11 Å². The molecule has 2 aromatic carbocycles. The maximum atomic E-state index is 10.2. The third-order valence-electron chi connectivity index (χ3n) is 5.98. The molecule has 0 aliphatic rings. The first kappa shape index (κ1) is 25.2. The minimum atomic E-state index is -0.715. The van der Waals surface area contributed by atoms with E-state index >= 15 is 0 Å². The summed E-state index contributed by atoms with van der Waals surface area (Å²) < 4.78 is 30.4. The highest BCUT2D eigenvalue weighted by molar-refractivity contribution is 5.45. The van der Waals surface area contributed by atoms with E-state index in [9.17, 15) is 5.11 Å². The molecule has 0 bridgehead atoms. The van der Waals surface area contributed by atoms with E-state index in [1.165, 1.54) is 0 Å². The zero-order valence-corrected chi connectivity index (χ0v) is 21.5. The lowest BCUT2D eigenvalue weighted by Gasteiger charge is -2.12. The fourth-order valence-electron chi connectivity index (χ4n) is 3.96. The number of aryl methyl sites for hydroxylation is 1. The SMILES string of the molecule is COc1cc(COc2nn(Cc3ccccc3)cc2C(C)O)ccc1OCc1nc(-c2ccco2)oc1C. The largest absolute Gasteiger partial charge is 0.493 e. The van der Waals surface area contributed by atoms with E-state index in [2.05, 4.69) is 10.1 Å². The van der Waals surface area contributed by atoms with Gasteiger partial charge in [-0.05, 0) is 49.2 Å². The molecular weight excluding hydrogens is 486 g/mol. The Labute approximate surface area is 220 Å². The van der Waals surface area contributed by atoms with Gasteiger partial charge in [0.05, 0.1) is 31.6 Å². The minimum absolute atomic E-state index is 0.207. The number of nitrogens with zero attached hydrogens (tertiary/aromatic N) is 3. The van der Waals surface area contributed by atoms with Crippen molar-refractivity contribution in [2.45, 2.75) is 39.7 Å². The number of hydrogen-bond acceptors (Lipinski definition) is 8. The quantitative estimate of drug-likeness (QED) is 0.239. The fourth-order valence-corrected chi connectivity index (χ4v) is 3.96. The zero-order chi connectivity index (χ0) is 26.5. The van der Waals surface area contributed by atoms with Gasteiger partial charge in [0.25, 0.3) is 5.89 Å². The van der Waals surface area contributed by atoms with E-state index in [0.717, 1.165) is 11.1 Å². The molecule has 0 spiro atoms. The molecule has 0 amide bonds. The van der Waals surface area contributed by atoms with Crippen molar-refractivity contribution in [3.05, 3.63) is 101 Å². The summed E-state index contributed by atoms with van der Waals surface area (Å²) in [5.41, 5.74) is 3.27. The van der Waals surface area contributed by atoms with Gasteiger partial charge in [-0.2, -0.15) is 0 Å². The van der Waals surface area contributed by atoms with Crippen LogP contribution in [-0.2, 0) is 19.8 Å². The molecule has 3 aromatic heterocycles. The van der Waals surface area contributed by atoms with Gasteiger partial charge in [-0.3, -0.25) is 4.68 Å². The molecule has 9 heteroatoms. The van der Waals surface area contributed by atoms with Crippen LogP contribution in [0.5, 0.6) is 17.4 Å². The van der Waals surface area contributed by atoms with Crippen LogP contribution in [0.2, 0.25) is 0 Å². The summed E-state index contributed by atoms with van der Waals surface area (Å²) in [5.74, 6) is 3.14. The van der Waals surface area contributed by atoms with Crippen molar-refractivity contribution in [1.82, 2.24) is 14.8 Å². The molecule has 0 aliphatic heterocycles. The second kappa shape index (κ2) is 11.3. The highest BCUT2D eigenvalue weighted by atomic mass is 16.5. The molecule has 5 rings (SSSR count). The third-order valence-corrected chi connectivity index (χ3v) is 5.98. The number of furan rings is 1. The van der Waals surface area contributed by atoms with Gasteiger partial charge in [0, 0.05) is 6.20 Å². The van der Waals surface area contributed by atoms with Gasteiger partial charge in [-0.1, -0.05) is 36.4 Å². The predicted octanol–water partition coefficient (Wildman–Crippen LogP) is 5.71. The minimum Gasteiger partial charge on any atom is -0.493 e. The van der Waals surface area contributed by atoms with Crippen molar-refractivity contribution in [3.8, 4) is 29.0 Å². The Morgan fingerprint density at radius 1 is 0.974 bits per heavy atom. The Morgan fingerprint density at radius 3 is 2.55 bits per heavy atom. The number of oxazole rings is 1. The topological polar surface area (TPSA) is 105 Å². The number of aliphatic hydroxyl groups excluding tert-OH is 1. The van der Waals surface area contributed by atoms with Gasteiger partial charge in [0.15, 0.2) is 17.3 Å². The first-order chi connectivity index (χ1) is 18.5. The normalized spacial score (nSPS) is 11.9. The summed E-state index contributed by atoms with van der Waals surface area (Å²) in [6.07, 6.45) is 2.67. The molecule has 0 fully saturated rings. The molecule has 0 radical (unpaired) electrons. The monoisotopic (exact) mass is 515 g/mol. The lowest BCUT2D eigenvalue weighted by atomic mass is 10.2. The van der Waals surface area contributed by atoms with Crippen LogP contribution in [0, 0.1) is 6.92 Å². The maximum Gasteiger partial charge on any atom is 0.263 e. The first-order valence-electron chi connectivity index (χ1n) is 12.2. The smallest absolute Gasteiger partial charge is 0.263 e. The highest BCUT2D eigenvalue weighted by Gasteiger charge is 2.17. The summed E-state index contributed by atoms with van der Waals surface area (Å²) >= 11 is 0. The Hall–Kier alpha value is -4.50. The molecule has 38 heavy (non-hydrogen) atoms. The number of ether oxygens (including phenoxy) is 3. The van der Waals surface area contributed by atoms with Crippen LogP contribution in [0.4, 0.5) is 0 Å². The molecule has 1 atom stereocenters. The molecule has 3 heterocycles. The van der Waals surface area contributed by atoms with Crippen LogP contribution in [-0.4, -0.2) is 27.0 Å². The zero-order valence-electron chi connectivity index (χ0n) is 21.5. The second-order valence-corrected chi connectivity index (χ2v) is 8.81. The fraction of sp³-hybridized carbons (Fsp3) is 0.241. The average Bonchev–Trinajstić information content (AvgIpc) is 3.67. The van der Waals surface area contributed by atoms with Crippen LogP contribution in [0.15, 0.2) is 82.0 Å². The summed E-state index contributed by atoms with van der Waals surface area (Å²) in [5, 5.41) is 14.8. The highest BCUT2D eigenvalue weighted by Crippen LogP contribution is 2.31. The molecule has 1 unspecified atom stereocenters. The molecule has 196 valence electrons. The van der Waals surface area contributed by atoms with E-state index < -0.39 is 6.10 Å². The summed E-state index contributed by atoms with van der Waals surface area (Å²) in [6, 6.07) is 19.1.